The summed E-state index contributed by atoms with van der Waals surface area (Å²) in [5, 5.41) is 2.86. The van der Waals surface area contributed by atoms with Crippen LogP contribution in [-0.2, 0) is 16.0 Å². The summed E-state index contributed by atoms with van der Waals surface area (Å²) < 4.78 is 19.3. The van der Waals surface area contributed by atoms with Gasteiger partial charge in [-0.05, 0) is 42.7 Å². The van der Waals surface area contributed by atoms with Crippen molar-refractivity contribution in [2.45, 2.75) is 25.3 Å². The highest BCUT2D eigenvalue weighted by atomic mass is 17.0. The van der Waals surface area contributed by atoms with Crippen molar-refractivity contribution in [2.24, 2.45) is 0 Å². The fourth-order valence-corrected chi connectivity index (χ4v) is 3.47. The molecule has 1 N–H and O–H groups in total. The Labute approximate surface area is 154 Å². The van der Waals surface area contributed by atoms with Crippen molar-refractivity contribution >= 4 is 39.8 Å². The molecule has 2 amide bonds. The van der Waals surface area contributed by atoms with Crippen LogP contribution in [0.2, 0.25) is 0 Å². The lowest BCUT2D eigenvalue weighted by molar-refractivity contribution is -0.136. The Kier molecular flexibility index (Phi) is 3.56. The van der Waals surface area contributed by atoms with Gasteiger partial charge in [-0.3, -0.25) is 27.9 Å². The molecule has 3 heterocycles. The van der Waals surface area contributed by atoms with Crippen LogP contribution in [0.3, 0.4) is 0 Å². The maximum absolute atomic E-state index is 12.7. The van der Waals surface area contributed by atoms with Gasteiger partial charge < -0.3 is 10.2 Å². The standard InChI is InChI=1S/C19H16N2O6.H2/c22-18(9-11-3-5-14-16(8-11)26-24-14)21-7-1-2-13(21)19(23)20-12-4-6-15-17(10-12)27-25-15;/h3-6,8,10,13H,1-2,7,9H2,(H,20,23);1H. The third-order valence-corrected chi connectivity index (χ3v) is 4.89. The van der Waals surface area contributed by atoms with E-state index in [1.54, 1.807) is 35.2 Å². The Morgan fingerprint density at radius 2 is 1.70 bits per heavy atom. The number of rotatable bonds is 4. The van der Waals surface area contributed by atoms with Crippen LogP contribution in [0.1, 0.15) is 19.8 Å². The summed E-state index contributed by atoms with van der Waals surface area (Å²) in [5.74, 6) is -0.281. The smallest absolute Gasteiger partial charge is 0.247 e. The fourth-order valence-electron chi connectivity index (χ4n) is 3.47. The predicted molar refractivity (Wildman–Crippen MR) is 96.1 cm³/mol. The summed E-state index contributed by atoms with van der Waals surface area (Å²) in [6.07, 6.45) is 1.65. The van der Waals surface area contributed by atoms with Gasteiger partial charge in [0, 0.05) is 19.7 Å². The van der Waals surface area contributed by atoms with E-state index in [1.807, 2.05) is 6.07 Å². The molecule has 140 valence electrons. The van der Waals surface area contributed by atoms with Gasteiger partial charge in [-0.1, -0.05) is 6.07 Å². The van der Waals surface area contributed by atoms with Gasteiger partial charge >= 0.3 is 0 Å². The molecule has 1 unspecified atom stereocenters. The van der Waals surface area contributed by atoms with E-state index >= 15 is 0 Å². The van der Waals surface area contributed by atoms with Crippen LogP contribution in [0.15, 0.2) is 54.7 Å². The molecule has 5 rings (SSSR count). The highest BCUT2D eigenvalue weighted by Gasteiger charge is 2.34. The molecule has 1 atom stereocenters. The van der Waals surface area contributed by atoms with E-state index in [2.05, 4.69) is 5.32 Å². The average Bonchev–Trinajstić information content (AvgIpc) is 3.10. The van der Waals surface area contributed by atoms with Crippen molar-refractivity contribution in [3.63, 3.8) is 0 Å². The fraction of sp³-hybridized carbons (Fsp3) is 0.263. The molecule has 2 aromatic carbocycles. The quantitative estimate of drug-likeness (QED) is 0.549. The van der Waals surface area contributed by atoms with Crippen LogP contribution < -0.4 is 5.32 Å². The first-order valence-corrected chi connectivity index (χ1v) is 8.74. The minimum atomic E-state index is -0.480. The number of carbonyl (C=O) groups is 2. The largest absolute Gasteiger partial charge is 0.330 e. The van der Waals surface area contributed by atoms with Crippen LogP contribution in [-0.4, -0.2) is 29.3 Å². The van der Waals surface area contributed by atoms with Gasteiger partial charge in [0.15, 0.2) is 0 Å². The number of fused-ring (bicyclic) bond motifs is 2. The zero-order valence-electron chi connectivity index (χ0n) is 14.3. The normalized spacial score (nSPS) is 17.2. The number of hydrogen-bond donors (Lipinski definition) is 1. The van der Waals surface area contributed by atoms with Gasteiger partial charge in [-0.2, -0.15) is 0 Å². The summed E-state index contributed by atoms with van der Waals surface area (Å²) in [6, 6.07) is 10.1. The van der Waals surface area contributed by atoms with Crippen LogP contribution in [0.4, 0.5) is 5.69 Å². The van der Waals surface area contributed by atoms with Crippen LogP contribution >= 0.6 is 0 Å². The number of likely N-dealkylation sites (tertiary alicyclic amines) is 1. The molecule has 4 aromatic rings. The van der Waals surface area contributed by atoms with Gasteiger partial charge in [0.05, 0.1) is 6.42 Å². The van der Waals surface area contributed by atoms with Gasteiger partial charge in [0.2, 0.25) is 34.1 Å². The van der Waals surface area contributed by atoms with Crippen LogP contribution in [0.5, 0.6) is 0 Å². The lowest BCUT2D eigenvalue weighted by Crippen LogP contribution is -2.43. The van der Waals surface area contributed by atoms with Crippen molar-refractivity contribution < 1.29 is 29.3 Å². The Balaban J connectivity index is 0.00000192. The summed E-state index contributed by atoms with van der Waals surface area (Å²) in [5.41, 5.74) is 3.95. The average molecular weight is 370 g/mol. The molecule has 1 aliphatic heterocycles. The van der Waals surface area contributed by atoms with Gasteiger partial charge in [0.25, 0.3) is 0 Å². The lowest BCUT2D eigenvalue weighted by Gasteiger charge is -2.24. The molecule has 27 heavy (non-hydrogen) atoms. The molecule has 0 bridgehead atoms. The summed E-state index contributed by atoms with van der Waals surface area (Å²) in [4.78, 5) is 27.1. The minimum Gasteiger partial charge on any atom is -0.330 e. The second-order valence-corrected chi connectivity index (χ2v) is 6.69. The molecule has 2 aromatic heterocycles. The number of anilines is 1. The number of carbonyl (C=O) groups excluding carboxylic acids is 2. The molecule has 0 spiro atoms. The van der Waals surface area contributed by atoms with E-state index in [4.69, 9.17) is 18.3 Å². The van der Waals surface area contributed by atoms with Crippen molar-refractivity contribution in [1.82, 2.24) is 4.90 Å². The summed E-state index contributed by atoms with van der Waals surface area (Å²) in [7, 11) is 0. The number of nitrogens with one attached hydrogen (secondary N) is 1. The molecule has 1 fully saturated rings. The molecule has 8 nitrogen and oxygen atoms in total. The Morgan fingerprint density at radius 3 is 2.37 bits per heavy atom. The second kappa shape index (κ2) is 6.08. The lowest BCUT2D eigenvalue weighted by atomic mass is 10.1. The molecule has 0 aliphatic carbocycles. The highest BCUT2D eigenvalue weighted by Crippen LogP contribution is 2.25. The molecular weight excluding hydrogens is 352 g/mol. The monoisotopic (exact) mass is 370 g/mol. The van der Waals surface area contributed by atoms with Crippen LogP contribution in [0.25, 0.3) is 22.3 Å². The van der Waals surface area contributed by atoms with E-state index in [0.717, 1.165) is 12.0 Å². The topological polar surface area (TPSA) is 102 Å². The van der Waals surface area contributed by atoms with Crippen LogP contribution in [0, 0.1) is 0 Å². The third-order valence-electron chi connectivity index (χ3n) is 4.89. The maximum atomic E-state index is 12.7. The van der Waals surface area contributed by atoms with Crippen molar-refractivity contribution in [3.05, 3.63) is 42.0 Å². The first kappa shape index (κ1) is 15.8. The Hall–Kier alpha value is -3.42. The predicted octanol–water partition coefficient (Wildman–Crippen LogP) is 3.78. The second-order valence-electron chi connectivity index (χ2n) is 6.69. The van der Waals surface area contributed by atoms with E-state index in [1.165, 1.54) is 0 Å². The first-order valence-electron chi connectivity index (χ1n) is 8.74. The highest BCUT2D eigenvalue weighted by molar-refractivity contribution is 5.98. The van der Waals surface area contributed by atoms with E-state index in [9.17, 15) is 9.59 Å². The Bertz CT molecular complexity index is 1050. The van der Waals surface area contributed by atoms with Crippen molar-refractivity contribution in [1.29, 1.82) is 0 Å². The van der Waals surface area contributed by atoms with Gasteiger partial charge in [-0.15, -0.1) is 0 Å². The molecule has 1 aliphatic rings. The van der Waals surface area contributed by atoms with Crippen molar-refractivity contribution in [2.75, 3.05) is 11.9 Å². The van der Waals surface area contributed by atoms with E-state index < -0.39 is 6.04 Å². The zero-order chi connectivity index (χ0) is 18.4. The summed E-state index contributed by atoms with van der Waals surface area (Å²) >= 11 is 0. The zero-order valence-corrected chi connectivity index (χ0v) is 14.3. The molecule has 8 heteroatoms. The SMILES string of the molecule is O=C(Nc1ccc2ooc2c1)C1CCCN1C(=O)Cc1ccc2ooc2c1.[HH]. The number of benzene rings is 2. The van der Waals surface area contributed by atoms with E-state index in [0.29, 0.717) is 41.0 Å². The first-order chi connectivity index (χ1) is 13.2. The van der Waals surface area contributed by atoms with Gasteiger partial charge in [0.1, 0.15) is 6.04 Å². The van der Waals surface area contributed by atoms with Gasteiger partial charge in [-0.25, -0.2) is 0 Å². The molecular formula is C19H18N2O6. The number of hydrogen-bond acceptors (Lipinski definition) is 6. The third kappa shape index (κ3) is 2.79. The molecule has 0 radical (unpaired) electrons. The Morgan fingerprint density at radius 1 is 1.00 bits per heavy atom. The maximum Gasteiger partial charge on any atom is 0.247 e. The number of nitrogens with zero attached hydrogens (tertiary/aromatic N) is 1. The number of amides is 2. The van der Waals surface area contributed by atoms with E-state index in [-0.39, 0.29) is 19.7 Å². The summed E-state index contributed by atoms with van der Waals surface area (Å²) in [6.45, 7) is 0.572. The minimum absolute atomic E-state index is 0. The molecule has 0 saturated carbocycles. The molecule has 1 saturated heterocycles. The van der Waals surface area contributed by atoms with Crippen molar-refractivity contribution in [3.8, 4) is 0 Å².